The zero-order valence-corrected chi connectivity index (χ0v) is 13.5. The molecule has 0 fully saturated rings. The van der Waals surface area contributed by atoms with Gasteiger partial charge in [-0.2, -0.15) is 0 Å². The normalized spacial score (nSPS) is 10.7. The summed E-state index contributed by atoms with van der Waals surface area (Å²) in [6.45, 7) is 9.36. The monoisotopic (exact) mass is 276 g/mol. The second kappa shape index (κ2) is 7.93. The zero-order valence-electron chi connectivity index (χ0n) is 13.5. The van der Waals surface area contributed by atoms with E-state index in [1.165, 1.54) is 0 Å². The maximum absolute atomic E-state index is 12.6. The molecule has 0 aliphatic carbocycles. The van der Waals surface area contributed by atoms with Crippen LogP contribution in [-0.4, -0.2) is 30.4 Å². The molecular formula is C17H28N2O. The van der Waals surface area contributed by atoms with Crippen LogP contribution in [0.2, 0.25) is 0 Å². The van der Waals surface area contributed by atoms with Gasteiger partial charge in [0.15, 0.2) is 0 Å². The van der Waals surface area contributed by atoms with Crippen molar-refractivity contribution in [2.24, 2.45) is 0 Å². The number of hydrogen-bond acceptors (Lipinski definition) is 2. The SMILES string of the molecule is CCCNc1ccc(C(=O)N(C)C(CC)CC)c(C)c1. The lowest BCUT2D eigenvalue weighted by atomic mass is 10.0. The third-order valence-corrected chi connectivity index (χ3v) is 3.85. The molecule has 0 heterocycles. The van der Waals surface area contributed by atoms with E-state index in [9.17, 15) is 4.79 Å². The van der Waals surface area contributed by atoms with E-state index in [1.807, 2.05) is 31.0 Å². The molecule has 20 heavy (non-hydrogen) atoms. The van der Waals surface area contributed by atoms with Crippen LogP contribution in [0.15, 0.2) is 18.2 Å². The minimum Gasteiger partial charge on any atom is -0.385 e. The minimum atomic E-state index is 0.123. The molecule has 0 aliphatic heterocycles. The van der Waals surface area contributed by atoms with Crippen LogP contribution in [0.1, 0.15) is 56.0 Å². The van der Waals surface area contributed by atoms with E-state index < -0.39 is 0 Å². The molecule has 0 spiro atoms. The summed E-state index contributed by atoms with van der Waals surface area (Å²) in [4.78, 5) is 14.4. The van der Waals surface area contributed by atoms with Gasteiger partial charge < -0.3 is 10.2 Å². The Morgan fingerprint density at radius 3 is 2.40 bits per heavy atom. The highest BCUT2D eigenvalue weighted by Gasteiger charge is 2.19. The summed E-state index contributed by atoms with van der Waals surface area (Å²) in [5.74, 6) is 0.123. The molecule has 112 valence electrons. The molecule has 0 unspecified atom stereocenters. The van der Waals surface area contributed by atoms with Crippen molar-refractivity contribution in [2.45, 2.75) is 53.0 Å². The van der Waals surface area contributed by atoms with Gasteiger partial charge >= 0.3 is 0 Å². The van der Waals surface area contributed by atoms with Gasteiger partial charge in [0.05, 0.1) is 0 Å². The molecule has 1 rings (SSSR count). The number of rotatable bonds is 7. The van der Waals surface area contributed by atoms with E-state index in [1.54, 1.807) is 0 Å². The molecule has 0 saturated heterocycles. The van der Waals surface area contributed by atoms with Crippen molar-refractivity contribution in [3.05, 3.63) is 29.3 Å². The second-order valence-corrected chi connectivity index (χ2v) is 5.34. The third kappa shape index (κ3) is 3.99. The molecule has 0 radical (unpaired) electrons. The van der Waals surface area contributed by atoms with Crippen LogP contribution in [-0.2, 0) is 0 Å². The molecule has 0 aliphatic rings. The van der Waals surface area contributed by atoms with Gasteiger partial charge in [0.2, 0.25) is 0 Å². The number of carbonyl (C=O) groups excluding carboxylic acids is 1. The number of carbonyl (C=O) groups is 1. The van der Waals surface area contributed by atoms with Crippen LogP contribution in [0.25, 0.3) is 0 Å². The fourth-order valence-corrected chi connectivity index (χ4v) is 2.48. The molecule has 1 N–H and O–H groups in total. The van der Waals surface area contributed by atoms with Crippen molar-refractivity contribution in [1.82, 2.24) is 4.90 Å². The molecule has 3 heteroatoms. The highest BCUT2D eigenvalue weighted by molar-refractivity contribution is 5.96. The third-order valence-electron chi connectivity index (χ3n) is 3.85. The first-order valence-corrected chi connectivity index (χ1v) is 7.66. The molecule has 1 aromatic carbocycles. The van der Waals surface area contributed by atoms with Crippen molar-refractivity contribution >= 4 is 11.6 Å². The van der Waals surface area contributed by atoms with E-state index in [0.29, 0.717) is 6.04 Å². The Bertz CT molecular complexity index is 439. The van der Waals surface area contributed by atoms with Crippen LogP contribution < -0.4 is 5.32 Å². The fourth-order valence-electron chi connectivity index (χ4n) is 2.48. The van der Waals surface area contributed by atoms with Crippen LogP contribution in [0.3, 0.4) is 0 Å². The Hall–Kier alpha value is -1.51. The standard InChI is InChI=1S/C17H28N2O/c1-6-11-18-14-9-10-16(13(4)12-14)17(20)19(5)15(7-2)8-3/h9-10,12,15,18H,6-8,11H2,1-5H3. The van der Waals surface area contributed by atoms with Crippen LogP contribution >= 0.6 is 0 Å². The van der Waals surface area contributed by atoms with E-state index in [2.05, 4.69) is 32.2 Å². The van der Waals surface area contributed by atoms with Crippen molar-refractivity contribution in [3.8, 4) is 0 Å². The van der Waals surface area contributed by atoms with Crippen molar-refractivity contribution in [2.75, 3.05) is 18.9 Å². The van der Waals surface area contributed by atoms with Crippen LogP contribution in [0.4, 0.5) is 5.69 Å². The summed E-state index contributed by atoms with van der Waals surface area (Å²) >= 11 is 0. The van der Waals surface area contributed by atoms with Gasteiger partial charge in [0.25, 0.3) is 5.91 Å². The van der Waals surface area contributed by atoms with Crippen molar-refractivity contribution in [3.63, 3.8) is 0 Å². The molecule has 0 bridgehead atoms. The number of nitrogens with one attached hydrogen (secondary N) is 1. The smallest absolute Gasteiger partial charge is 0.254 e. The minimum absolute atomic E-state index is 0.123. The molecule has 0 aromatic heterocycles. The number of anilines is 1. The lowest BCUT2D eigenvalue weighted by Crippen LogP contribution is -2.36. The van der Waals surface area contributed by atoms with Gasteiger partial charge in [-0.3, -0.25) is 4.79 Å². The van der Waals surface area contributed by atoms with Crippen LogP contribution in [0, 0.1) is 6.92 Å². The van der Waals surface area contributed by atoms with Gasteiger partial charge in [0.1, 0.15) is 0 Å². The maximum Gasteiger partial charge on any atom is 0.254 e. The number of nitrogens with zero attached hydrogens (tertiary/aromatic N) is 1. The summed E-state index contributed by atoms with van der Waals surface area (Å²) in [6, 6.07) is 6.31. The van der Waals surface area contributed by atoms with E-state index >= 15 is 0 Å². The number of benzene rings is 1. The molecular weight excluding hydrogens is 248 g/mol. The Labute approximate surface area is 123 Å². The summed E-state index contributed by atoms with van der Waals surface area (Å²) in [5.41, 5.74) is 2.93. The molecule has 3 nitrogen and oxygen atoms in total. The number of hydrogen-bond donors (Lipinski definition) is 1. The summed E-state index contributed by atoms with van der Waals surface area (Å²) in [7, 11) is 1.91. The second-order valence-electron chi connectivity index (χ2n) is 5.34. The molecule has 1 amide bonds. The first-order chi connectivity index (χ1) is 9.54. The van der Waals surface area contributed by atoms with Crippen molar-refractivity contribution in [1.29, 1.82) is 0 Å². The largest absolute Gasteiger partial charge is 0.385 e. The van der Waals surface area contributed by atoms with Gasteiger partial charge in [-0.25, -0.2) is 0 Å². The number of aryl methyl sites for hydroxylation is 1. The Morgan fingerprint density at radius 1 is 1.25 bits per heavy atom. The van der Waals surface area contributed by atoms with Crippen molar-refractivity contribution < 1.29 is 4.79 Å². The summed E-state index contributed by atoms with van der Waals surface area (Å²) in [5, 5.41) is 3.35. The first-order valence-electron chi connectivity index (χ1n) is 7.66. The Kier molecular flexibility index (Phi) is 6.56. The predicted molar refractivity (Wildman–Crippen MR) is 86.4 cm³/mol. The van der Waals surface area contributed by atoms with Gasteiger partial charge in [-0.1, -0.05) is 20.8 Å². The van der Waals surface area contributed by atoms with E-state index in [0.717, 1.165) is 42.6 Å². The Morgan fingerprint density at radius 2 is 1.90 bits per heavy atom. The lowest BCUT2D eigenvalue weighted by molar-refractivity contribution is 0.0723. The summed E-state index contributed by atoms with van der Waals surface area (Å²) in [6.07, 6.45) is 3.08. The average Bonchev–Trinajstić information content (AvgIpc) is 2.45. The lowest BCUT2D eigenvalue weighted by Gasteiger charge is -2.27. The molecule has 1 aromatic rings. The summed E-state index contributed by atoms with van der Waals surface area (Å²) < 4.78 is 0. The van der Waals surface area contributed by atoms with E-state index in [-0.39, 0.29) is 5.91 Å². The Balaban J connectivity index is 2.88. The fraction of sp³-hybridized carbons (Fsp3) is 0.588. The first kappa shape index (κ1) is 16.5. The van der Waals surface area contributed by atoms with Crippen LogP contribution in [0.5, 0.6) is 0 Å². The van der Waals surface area contributed by atoms with Gasteiger partial charge in [-0.15, -0.1) is 0 Å². The maximum atomic E-state index is 12.6. The molecule has 0 atom stereocenters. The molecule has 0 saturated carbocycles. The predicted octanol–water partition coefficient (Wildman–Crippen LogP) is 4.08. The highest BCUT2D eigenvalue weighted by atomic mass is 16.2. The number of amides is 1. The quantitative estimate of drug-likeness (QED) is 0.814. The van der Waals surface area contributed by atoms with E-state index in [4.69, 9.17) is 0 Å². The highest BCUT2D eigenvalue weighted by Crippen LogP contribution is 2.18. The van der Waals surface area contributed by atoms with Gasteiger partial charge in [0, 0.05) is 30.9 Å². The zero-order chi connectivity index (χ0) is 15.1. The topological polar surface area (TPSA) is 32.3 Å². The average molecular weight is 276 g/mol. The van der Waals surface area contributed by atoms with Gasteiger partial charge in [-0.05, 0) is 49.9 Å².